The van der Waals surface area contributed by atoms with Crippen LogP contribution in [-0.4, -0.2) is 23.1 Å². The van der Waals surface area contributed by atoms with E-state index in [4.69, 9.17) is 0 Å². The Morgan fingerprint density at radius 2 is 1.61 bits per heavy atom. The van der Waals surface area contributed by atoms with Crippen LogP contribution in [0.2, 0.25) is 0 Å². The summed E-state index contributed by atoms with van der Waals surface area (Å²) in [4.78, 5) is 22.9. The van der Waals surface area contributed by atoms with Gasteiger partial charge in [-0.1, -0.05) is 24.3 Å². The lowest BCUT2D eigenvalue weighted by atomic mass is 10.1. The zero-order valence-electron chi connectivity index (χ0n) is 9.03. The van der Waals surface area contributed by atoms with Crippen LogP contribution in [0.25, 0.3) is 0 Å². The summed E-state index contributed by atoms with van der Waals surface area (Å²) in [6, 6.07) is 7.03. The Balaban J connectivity index is 2.00. The Hall–Kier alpha value is -2.05. The van der Waals surface area contributed by atoms with Gasteiger partial charge in [-0.3, -0.25) is 4.90 Å². The highest BCUT2D eigenvalue weighted by molar-refractivity contribution is 5.87. The molecule has 0 radical (unpaired) electrons. The summed E-state index contributed by atoms with van der Waals surface area (Å²) in [6.07, 6.45) is -6.45. The van der Waals surface area contributed by atoms with Gasteiger partial charge in [0.25, 0.3) is 0 Å². The van der Waals surface area contributed by atoms with Crippen LogP contribution in [0.4, 0.5) is 18.0 Å². The minimum Gasteiger partial charge on any atom is -0.369 e. The average molecular weight is 259 g/mol. The SMILES string of the molecule is O=C(OC(=O)C(F)(F)F)N1Cc2ccccc2C1. The molecule has 0 bridgehead atoms. The number of halogens is 3. The van der Waals surface area contributed by atoms with Crippen LogP contribution in [0.1, 0.15) is 11.1 Å². The van der Waals surface area contributed by atoms with Gasteiger partial charge in [0.05, 0.1) is 0 Å². The van der Waals surface area contributed by atoms with Gasteiger partial charge in [-0.25, -0.2) is 9.59 Å². The lowest BCUT2D eigenvalue weighted by Crippen LogP contribution is -2.34. The molecule has 7 heteroatoms. The van der Waals surface area contributed by atoms with Crippen LogP contribution < -0.4 is 0 Å². The molecule has 1 heterocycles. The van der Waals surface area contributed by atoms with Gasteiger partial charge in [-0.2, -0.15) is 13.2 Å². The molecular formula is C11H8F3NO3. The summed E-state index contributed by atoms with van der Waals surface area (Å²) < 4.78 is 39.5. The fourth-order valence-electron chi connectivity index (χ4n) is 1.66. The largest absolute Gasteiger partial charge is 0.491 e. The first-order chi connectivity index (χ1) is 8.38. The molecule has 1 aromatic carbocycles. The van der Waals surface area contributed by atoms with E-state index in [0.29, 0.717) is 0 Å². The number of nitrogens with zero attached hydrogens (tertiary/aromatic N) is 1. The normalized spacial score (nSPS) is 14.3. The molecule has 0 saturated heterocycles. The van der Waals surface area contributed by atoms with Gasteiger partial charge < -0.3 is 4.74 Å². The molecule has 18 heavy (non-hydrogen) atoms. The van der Waals surface area contributed by atoms with Crippen molar-refractivity contribution in [2.45, 2.75) is 19.3 Å². The summed E-state index contributed by atoms with van der Waals surface area (Å²) in [5.74, 6) is -2.50. The number of alkyl halides is 3. The molecule has 1 aliphatic rings. The number of carbonyl (C=O) groups excluding carboxylic acids is 2. The number of ether oxygens (including phenoxy) is 1. The highest BCUT2D eigenvalue weighted by atomic mass is 19.4. The molecule has 1 aliphatic heterocycles. The molecule has 4 nitrogen and oxygen atoms in total. The number of fused-ring (bicyclic) bond motifs is 1. The highest BCUT2D eigenvalue weighted by Gasteiger charge is 2.43. The summed E-state index contributed by atoms with van der Waals surface area (Å²) in [7, 11) is 0. The molecule has 0 N–H and O–H groups in total. The van der Waals surface area contributed by atoms with E-state index in [1.165, 1.54) is 0 Å². The van der Waals surface area contributed by atoms with Crippen molar-refractivity contribution in [3.63, 3.8) is 0 Å². The number of hydrogen-bond acceptors (Lipinski definition) is 3. The first-order valence-electron chi connectivity index (χ1n) is 5.02. The van der Waals surface area contributed by atoms with E-state index >= 15 is 0 Å². The number of hydrogen-bond donors (Lipinski definition) is 0. The van der Waals surface area contributed by atoms with Crippen molar-refractivity contribution in [3.05, 3.63) is 35.4 Å². The van der Waals surface area contributed by atoms with Crippen LogP contribution in [0.15, 0.2) is 24.3 Å². The van der Waals surface area contributed by atoms with Crippen LogP contribution in [0, 0.1) is 0 Å². The lowest BCUT2D eigenvalue weighted by Gasteiger charge is -2.14. The van der Waals surface area contributed by atoms with Gasteiger partial charge in [0, 0.05) is 13.1 Å². The third kappa shape index (κ3) is 2.44. The molecule has 1 amide bonds. The van der Waals surface area contributed by atoms with E-state index in [0.717, 1.165) is 16.0 Å². The lowest BCUT2D eigenvalue weighted by molar-refractivity contribution is -0.193. The van der Waals surface area contributed by atoms with Crippen LogP contribution in [0.3, 0.4) is 0 Å². The van der Waals surface area contributed by atoms with Crippen molar-refractivity contribution in [3.8, 4) is 0 Å². The van der Waals surface area contributed by atoms with Crippen molar-refractivity contribution < 1.29 is 27.5 Å². The smallest absolute Gasteiger partial charge is 0.369 e. The number of benzene rings is 1. The summed E-state index contributed by atoms with van der Waals surface area (Å²) >= 11 is 0. The van der Waals surface area contributed by atoms with E-state index in [-0.39, 0.29) is 13.1 Å². The number of amides is 1. The van der Waals surface area contributed by atoms with Crippen molar-refractivity contribution in [2.24, 2.45) is 0 Å². The maximum absolute atomic E-state index is 11.9. The van der Waals surface area contributed by atoms with Gasteiger partial charge in [0.2, 0.25) is 0 Å². The standard InChI is InChI=1S/C11H8F3NO3/c12-11(13,14)9(16)18-10(17)15-5-7-3-1-2-4-8(7)6-15/h1-4H,5-6H2. The zero-order chi connectivity index (χ0) is 13.3. The maximum Gasteiger partial charge on any atom is 0.491 e. The summed E-state index contributed by atoms with van der Waals surface area (Å²) in [5.41, 5.74) is 1.66. The molecule has 0 spiro atoms. The number of esters is 1. The van der Waals surface area contributed by atoms with Crippen molar-refractivity contribution in [1.82, 2.24) is 4.90 Å². The Morgan fingerprint density at radius 3 is 2.06 bits per heavy atom. The highest BCUT2D eigenvalue weighted by Crippen LogP contribution is 2.24. The van der Waals surface area contributed by atoms with Crippen molar-refractivity contribution in [2.75, 3.05) is 0 Å². The molecular weight excluding hydrogens is 251 g/mol. The van der Waals surface area contributed by atoms with Crippen molar-refractivity contribution in [1.29, 1.82) is 0 Å². The topological polar surface area (TPSA) is 46.6 Å². The Morgan fingerprint density at radius 1 is 1.11 bits per heavy atom. The zero-order valence-corrected chi connectivity index (χ0v) is 9.03. The number of carbonyl (C=O) groups is 2. The van der Waals surface area contributed by atoms with Crippen LogP contribution in [0.5, 0.6) is 0 Å². The molecule has 0 aliphatic carbocycles. The van der Waals surface area contributed by atoms with Gasteiger partial charge in [-0.05, 0) is 11.1 Å². The first kappa shape index (κ1) is 12.4. The molecule has 1 aromatic rings. The second kappa shape index (κ2) is 4.32. The third-order valence-electron chi connectivity index (χ3n) is 2.51. The molecule has 0 atom stereocenters. The average Bonchev–Trinajstić information content (AvgIpc) is 2.71. The minimum absolute atomic E-state index is 0.139. The first-order valence-corrected chi connectivity index (χ1v) is 5.02. The van der Waals surface area contributed by atoms with Gasteiger partial charge in [0.1, 0.15) is 0 Å². The monoisotopic (exact) mass is 259 g/mol. The predicted octanol–water partition coefficient (Wildman–Crippen LogP) is 2.23. The summed E-state index contributed by atoms with van der Waals surface area (Å²) in [5, 5.41) is 0. The molecule has 0 aromatic heterocycles. The molecule has 2 rings (SSSR count). The maximum atomic E-state index is 11.9. The number of rotatable bonds is 0. The van der Waals surface area contributed by atoms with Gasteiger partial charge in [-0.15, -0.1) is 0 Å². The van der Waals surface area contributed by atoms with Gasteiger partial charge in [0.15, 0.2) is 0 Å². The fourth-order valence-corrected chi connectivity index (χ4v) is 1.66. The van der Waals surface area contributed by atoms with Gasteiger partial charge >= 0.3 is 18.2 Å². The summed E-state index contributed by atoms with van der Waals surface area (Å²) in [6.45, 7) is 0.278. The molecule has 96 valence electrons. The molecule has 0 unspecified atom stereocenters. The third-order valence-corrected chi connectivity index (χ3v) is 2.51. The van der Waals surface area contributed by atoms with E-state index in [2.05, 4.69) is 4.74 Å². The molecule has 0 saturated carbocycles. The second-order valence-electron chi connectivity index (χ2n) is 3.78. The van der Waals surface area contributed by atoms with E-state index in [1.807, 2.05) is 0 Å². The molecule has 0 fully saturated rings. The predicted molar refractivity (Wildman–Crippen MR) is 53.2 cm³/mol. The van der Waals surface area contributed by atoms with E-state index in [1.54, 1.807) is 24.3 Å². The Bertz CT molecular complexity index is 474. The minimum atomic E-state index is -5.16. The quantitative estimate of drug-likeness (QED) is 0.530. The van der Waals surface area contributed by atoms with E-state index in [9.17, 15) is 22.8 Å². The Kier molecular flexibility index (Phi) is 2.98. The van der Waals surface area contributed by atoms with Crippen molar-refractivity contribution >= 4 is 12.1 Å². The fraction of sp³-hybridized carbons (Fsp3) is 0.273. The second-order valence-corrected chi connectivity index (χ2v) is 3.78. The Labute approximate surface area is 99.9 Å². The van der Waals surface area contributed by atoms with Crippen LogP contribution in [-0.2, 0) is 22.6 Å². The van der Waals surface area contributed by atoms with E-state index < -0.39 is 18.2 Å². The van der Waals surface area contributed by atoms with Crippen LogP contribution >= 0.6 is 0 Å².